The first kappa shape index (κ1) is 15.7. The smallest absolute Gasteiger partial charge is 0.347 e. The van der Waals surface area contributed by atoms with Crippen LogP contribution in [0.4, 0.5) is 17.6 Å². The Balaban J connectivity index is 2.37. The molecule has 0 aliphatic heterocycles. The molecule has 3 nitrogen and oxygen atoms in total. The molecule has 3 aromatic rings. The number of benzene rings is 1. The molecule has 23 heavy (non-hydrogen) atoms. The highest BCUT2D eigenvalue weighted by Crippen LogP contribution is 2.39. The van der Waals surface area contributed by atoms with E-state index >= 15 is 0 Å². The molecule has 120 valence electrons. The summed E-state index contributed by atoms with van der Waals surface area (Å²) in [6.45, 7) is 2.35. The van der Waals surface area contributed by atoms with Crippen molar-refractivity contribution in [3.8, 4) is 11.3 Å². The van der Waals surface area contributed by atoms with Gasteiger partial charge in [0.05, 0.1) is 5.69 Å². The predicted molar refractivity (Wildman–Crippen MR) is 78.6 cm³/mol. The van der Waals surface area contributed by atoms with Crippen molar-refractivity contribution in [1.29, 1.82) is 0 Å². The average molecular weight is 344 g/mol. The quantitative estimate of drug-likeness (QED) is 0.488. The Morgan fingerprint density at radius 3 is 2.65 bits per heavy atom. The summed E-state index contributed by atoms with van der Waals surface area (Å²) in [7, 11) is 0. The van der Waals surface area contributed by atoms with Crippen molar-refractivity contribution in [2.24, 2.45) is 0 Å². The molecule has 0 aliphatic rings. The Bertz CT molecular complexity index is 886. The highest BCUT2D eigenvalue weighted by molar-refractivity contribution is 6.28. The molecule has 1 aromatic carbocycles. The largest absolute Gasteiger partial charge is 0.419 e. The molecule has 0 atom stereocenters. The standard InChI is InChI=1S/C15H10ClF4N3/c1-2-23-7-10(9-5-8(17)3-4-12(9)23)13-11(15(18,19)20)6-21-14(16)22-13/h3-7H,2H2,1H3. The monoisotopic (exact) mass is 343 g/mol. The molecule has 0 spiro atoms. The summed E-state index contributed by atoms with van der Waals surface area (Å²) in [5, 5.41) is 0.0360. The van der Waals surface area contributed by atoms with Crippen LogP contribution in [0.2, 0.25) is 5.28 Å². The predicted octanol–water partition coefficient (Wildman–Crippen LogP) is 4.93. The van der Waals surface area contributed by atoms with E-state index in [2.05, 4.69) is 9.97 Å². The van der Waals surface area contributed by atoms with Crippen molar-refractivity contribution < 1.29 is 17.6 Å². The Morgan fingerprint density at radius 1 is 1.26 bits per heavy atom. The van der Waals surface area contributed by atoms with Gasteiger partial charge in [-0.25, -0.2) is 14.4 Å². The first-order chi connectivity index (χ1) is 10.8. The van der Waals surface area contributed by atoms with Gasteiger partial charge in [-0.3, -0.25) is 0 Å². The highest BCUT2D eigenvalue weighted by atomic mass is 35.5. The van der Waals surface area contributed by atoms with Crippen LogP contribution in [0.5, 0.6) is 0 Å². The van der Waals surface area contributed by atoms with Crippen LogP contribution < -0.4 is 0 Å². The zero-order chi connectivity index (χ0) is 16.8. The molecule has 8 heteroatoms. The minimum absolute atomic E-state index is 0.165. The van der Waals surface area contributed by atoms with Gasteiger partial charge in [0.2, 0.25) is 5.28 Å². The minimum Gasteiger partial charge on any atom is -0.347 e. The topological polar surface area (TPSA) is 30.7 Å². The molecule has 0 saturated heterocycles. The lowest BCUT2D eigenvalue weighted by Gasteiger charge is -2.11. The van der Waals surface area contributed by atoms with Crippen LogP contribution in [0, 0.1) is 5.82 Å². The van der Waals surface area contributed by atoms with Gasteiger partial charge in [-0.05, 0) is 36.7 Å². The van der Waals surface area contributed by atoms with Crippen molar-refractivity contribution >= 4 is 22.5 Å². The average Bonchev–Trinajstić information content (AvgIpc) is 2.83. The molecule has 0 bridgehead atoms. The Morgan fingerprint density at radius 2 is 2.00 bits per heavy atom. The molecule has 2 heterocycles. The molecule has 0 amide bonds. The molecule has 3 rings (SSSR count). The van der Waals surface area contributed by atoms with E-state index in [1.807, 2.05) is 6.92 Å². The van der Waals surface area contributed by atoms with E-state index in [9.17, 15) is 17.6 Å². The third-order valence-electron chi connectivity index (χ3n) is 3.50. The zero-order valence-corrected chi connectivity index (χ0v) is 12.6. The van der Waals surface area contributed by atoms with Crippen LogP contribution in [-0.2, 0) is 12.7 Å². The molecule has 0 fully saturated rings. The van der Waals surface area contributed by atoms with E-state index < -0.39 is 17.6 Å². The van der Waals surface area contributed by atoms with Gasteiger partial charge in [0, 0.05) is 35.4 Å². The summed E-state index contributed by atoms with van der Waals surface area (Å²) in [6.07, 6.45) is -2.50. The molecule has 0 unspecified atom stereocenters. The third-order valence-corrected chi connectivity index (χ3v) is 3.69. The van der Waals surface area contributed by atoms with Crippen LogP contribution in [-0.4, -0.2) is 14.5 Å². The second-order valence-electron chi connectivity index (χ2n) is 4.89. The van der Waals surface area contributed by atoms with Crippen molar-refractivity contribution in [2.75, 3.05) is 0 Å². The Kier molecular flexibility index (Phi) is 3.75. The Hall–Kier alpha value is -2.15. The number of halogens is 5. The Labute approximate surface area is 133 Å². The summed E-state index contributed by atoms with van der Waals surface area (Å²) in [5.41, 5.74) is -0.591. The van der Waals surface area contributed by atoms with E-state index in [-0.39, 0.29) is 16.5 Å². The number of nitrogens with zero attached hydrogens (tertiary/aromatic N) is 3. The number of fused-ring (bicyclic) bond motifs is 1. The number of aromatic nitrogens is 3. The van der Waals surface area contributed by atoms with Gasteiger partial charge in [0.25, 0.3) is 0 Å². The first-order valence-corrected chi connectivity index (χ1v) is 7.07. The molecule has 2 aromatic heterocycles. The number of rotatable bonds is 2. The van der Waals surface area contributed by atoms with E-state index in [1.165, 1.54) is 24.4 Å². The van der Waals surface area contributed by atoms with Gasteiger partial charge in [-0.15, -0.1) is 0 Å². The molecule has 0 radical (unpaired) electrons. The molecular weight excluding hydrogens is 334 g/mol. The number of alkyl halides is 3. The highest BCUT2D eigenvalue weighted by Gasteiger charge is 2.36. The third kappa shape index (κ3) is 2.76. The first-order valence-electron chi connectivity index (χ1n) is 6.69. The number of aryl methyl sites for hydroxylation is 1. The fraction of sp³-hybridized carbons (Fsp3) is 0.200. The fourth-order valence-electron chi connectivity index (χ4n) is 2.49. The second kappa shape index (κ2) is 5.49. The number of hydrogen-bond donors (Lipinski definition) is 0. The van der Waals surface area contributed by atoms with E-state index in [0.717, 1.165) is 0 Å². The van der Waals surface area contributed by atoms with Gasteiger partial charge in [-0.1, -0.05) is 0 Å². The lowest BCUT2D eigenvalue weighted by atomic mass is 10.1. The van der Waals surface area contributed by atoms with Gasteiger partial charge in [-0.2, -0.15) is 13.2 Å². The summed E-state index contributed by atoms with van der Waals surface area (Å²) in [4.78, 5) is 7.15. The van der Waals surface area contributed by atoms with Crippen molar-refractivity contribution in [1.82, 2.24) is 14.5 Å². The lowest BCUT2D eigenvalue weighted by Crippen LogP contribution is -2.09. The van der Waals surface area contributed by atoms with Gasteiger partial charge in [0.15, 0.2) is 0 Å². The molecular formula is C15H10ClF4N3. The molecule has 0 saturated carbocycles. The van der Waals surface area contributed by atoms with E-state index in [0.29, 0.717) is 23.6 Å². The summed E-state index contributed by atoms with van der Waals surface area (Å²) in [6, 6.07) is 3.97. The van der Waals surface area contributed by atoms with Crippen LogP contribution >= 0.6 is 11.6 Å². The molecule has 0 N–H and O–H groups in total. The minimum atomic E-state index is -4.64. The maximum Gasteiger partial charge on any atom is 0.419 e. The summed E-state index contributed by atoms with van der Waals surface area (Å²) in [5.74, 6) is -0.540. The second-order valence-corrected chi connectivity index (χ2v) is 5.23. The van der Waals surface area contributed by atoms with Gasteiger partial charge < -0.3 is 4.57 Å². The van der Waals surface area contributed by atoms with Crippen molar-refractivity contribution in [3.05, 3.63) is 47.3 Å². The molecule has 0 aliphatic carbocycles. The van der Waals surface area contributed by atoms with Crippen molar-refractivity contribution in [2.45, 2.75) is 19.6 Å². The van der Waals surface area contributed by atoms with Gasteiger partial charge >= 0.3 is 6.18 Å². The number of hydrogen-bond acceptors (Lipinski definition) is 2. The van der Waals surface area contributed by atoms with Crippen LogP contribution in [0.15, 0.2) is 30.6 Å². The normalized spacial score (nSPS) is 12.1. The summed E-state index contributed by atoms with van der Waals surface area (Å²) < 4.78 is 55.0. The fourth-order valence-corrected chi connectivity index (χ4v) is 2.63. The van der Waals surface area contributed by atoms with E-state index in [1.54, 1.807) is 4.57 Å². The SMILES string of the molecule is CCn1cc(-c2nc(Cl)ncc2C(F)(F)F)c2cc(F)ccc21. The lowest BCUT2D eigenvalue weighted by molar-refractivity contribution is -0.137. The van der Waals surface area contributed by atoms with Crippen LogP contribution in [0.25, 0.3) is 22.2 Å². The van der Waals surface area contributed by atoms with Gasteiger partial charge in [0.1, 0.15) is 11.4 Å². The van der Waals surface area contributed by atoms with E-state index in [4.69, 9.17) is 11.6 Å². The maximum absolute atomic E-state index is 13.6. The van der Waals surface area contributed by atoms with Crippen LogP contribution in [0.3, 0.4) is 0 Å². The van der Waals surface area contributed by atoms with Crippen molar-refractivity contribution in [3.63, 3.8) is 0 Å². The van der Waals surface area contributed by atoms with Crippen LogP contribution in [0.1, 0.15) is 12.5 Å². The zero-order valence-electron chi connectivity index (χ0n) is 11.8. The maximum atomic E-state index is 13.6. The summed E-state index contributed by atoms with van der Waals surface area (Å²) >= 11 is 5.67.